The van der Waals surface area contributed by atoms with Crippen LogP contribution < -0.4 is 10.5 Å². The summed E-state index contributed by atoms with van der Waals surface area (Å²) in [6.45, 7) is 0. The normalized spacial score (nSPS) is 17.6. The molecule has 1 aromatic rings. The SMILES string of the molecule is COc1c(F)cc(F)c(O)c1C1(N)CC1. The Morgan fingerprint density at radius 2 is 2.00 bits per heavy atom. The summed E-state index contributed by atoms with van der Waals surface area (Å²) in [6, 6.07) is 0.587. The highest BCUT2D eigenvalue weighted by Crippen LogP contribution is 2.51. The molecule has 0 unspecified atom stereocenters. The zero-order chi connectivity index (χ0) is 11.2. The quantitative estimate of drug-likeness (QED) is 0.788. The molecule has 1 aliphatic carbocycles. The largest absolute Gasteiger partial charge is 0.504 e. The number of nitrogens with two attached hydrogens (primary N) is 1. The van der Waals surface area contributed by atoms with Gasteiger partial charge >= 0.3 is 0 Å². The summed E-state index contributed by atoms with van der Waals surface area (Å²) in [5.74, 6) is -2.65. The Kier molecular flexibility index (Phi) is 2.08. The van der Waals surface area contributed by atoms with Gasteiger partial charge in [0.2, 0.25) is 0 Å². The van der Waals surface area contributed by atoms with Crippen LogP contribution in [0.25, 0.3) is 0 Å². The van der Waals surface area contributed by atoms with Crippen LogP contribution in [0.5, 0.6) is 11.5 Å². The number of benzene rings is 1. The molecule has 0 aliphatic heterocycles. The number of phenols is 1. The lowest BCUT2D eigenvalue weighted by Crippen LogP contribution is -2.21. The van der Waals surface area contributed by atoms with Crippen LogP contribution in [-0.4, -0.2) is 12.2 Å². The number of aromatic hydroxyl groups is 1. The van der Waals surface area contributed by atoms with Crippen LogP contribution in [0.4, 0.5) is 8.78 Å². The van der Waals surface area contributed by atoms with Gasteiger partial charge in [0.1, 0.15) is 0 Å². The fraction of sp³-hybridized carbons (Fsp3) is 0.400. The van der Waals surface area contributed by atoms with Crippen molar-refractivity contribution in [2.75, 3.05) is 7.11 Å². The van der Waals surface area contributed by atoms with E-state index >= 15 is 0 Å². The van der Waals surface area contributed by atoms with Gasteiger partial charge in [-0.3, -0.25) is 0 Å². The van der Waals surface area contributed by atoms with E-state index in [0.717, 1.165) is 0 Å². The maximum atomic E-state index is 13.3. The molecule has 15 heavy (non-hydrogen) atoms. The third kappa shape index (κ3) is 1.43. The number of phenolic OH excluding ortho intramolecular Hbond substituents is 1. The average Bonchev–Trinajstić information content (AvgIpc) is 2.90. The van der Waals surface area contributed by atoms with Crippen molar-refractivity contribution in [2.45, 2.75) is 18.4 Å². The van der Waals surface area contributed by atoms with E-state index < -0.39 is 22.9 Å². The highest BCUT2D eigenvalue weighted by atomic mass is 19.1. The van der Waals surface area contributed by atoms with E-state index in [-0.39, 0.29) is 11.3 Å². The second-order valence-electron chi connectivity index (χ2n) is 3.75. The fourth-order valence-corrected chi connectivity index (χ4v) is 1.64. The molecule has 0 spiro atoms. The molecule has 0 heterocycles. The minimum absolute atomic E-state index is 0.0301. The Labute approximate surface area is 85.5 Å². The molecule has 0 amide bonds. The third-order valence-electron chi connectivity index (χ3n) is 2.65. The van der Waals surface area contributed by atoms with Crippen LogP contribution >= 0.6 is 0 Å². The first kappa shape index (κ1) is 10.2. The first-order chi connectivity index (χ1) is 6.99. The van der Waals surface area contributed by atoms with Gasteiger partial charge in [0.05, 0.1) is 12.7 Å². The van der Waals surface area contributed by atoms with Crippen LogP contribution in [-0.2, 0) is 5.54 Å². The minimum atomic E-state index is -1.01. The zero-order valence-electron chi connectivity index (χ0n) is 8.18. The molecule has 3 N–H and O–H groups in total. The lowest BCUT2D eigenvalue weighted by atomic mass is 10.0. The van der Waals surface area contributed by atoms with Gasteiger partial charge in [0.15, 0.2) is 23.1 Å². The predicted octanol–water partition coefficient (Wildman–Crippen LogP) is 1.63. The first-order valence-electron chi connectivity index (χ1n) is 4.54. The van der Waals surface area contributed by atoms with E-state index in [2.05, 4.69) is 0 Å². The third-order valence-corrected chi connectivity index (χ3v) is 2.65. The summed E-state index contributed by atoms with van der Waals surface area (Å²) in [5, 5.41) is 9.51. The lowest BCUT2D eigenvalue weighted by molar-refractivity contribution is 0.354. The van der Waals surface area contributed by atoms with Crippen LogP contribution in [0.15, 0.2) is 6.07 Å². The molecule has 0 bridgehead atoms. The lowest BCUT2D eigenvalue weighted by Gasteiger charge is -2.16. The number of methoxy groups -OCH3 is 1. The van der Waals surface area contributed by atoms with Gasteiger partial charge < -0.3 is 15.6 Å². The Bertz CT molecular complexity index is 416. The molecule has 1 fully saturated rings. The highest BCUT2D eigenvalue weighted by Gasteiger charge is 2.46. The van der Waals surface area contributed by atoms with E-state index in [0.29, 0.717) is 18.9 Å². The molecule has 82 valence electrons. The summed E-state index contributed by atoms with van der Waals surface area (Å²) in [4.78, 5) is 0. The van der Waals surface area contributed by atoms with Gasteiger partial charge in [-0.15, -0.1) is 0 Å². The Balaban J connectivity index is 2.68. The smallest absolute Gasteiger partial charge is 0.168 e. The second-order valence-corrected chi connectivity index (χ2v) is 3.75. The van der Waals surface area contributed by atoms with E-state index in [1.807, 2.05) is 0 Å². The first-order valence-corrected chi connectivity index (χ1v) is 4.54. The molecule has 0 aromatic heterocycles. The number of ether oxygens (including phenoxy) is 1. The maximum absolute atomic E-state index is 13.3. The summed E-state index contributed by atoms with van der Waals surface area (Å²) in [6.07, 6.45) is 1.17. The number of rotatable bonds is 2. The van der Waals surface area contributed by atoms with E-state index in [1.54, 1.807) is 0 Å². The van der Waals surface area contributed by atoms with Gasteiger partial charge in [-0.1, -0.05) is 0 Å². The van der Waals surface area contributed by atoms with Gasteiger partial charge in [-0.2, -0.15) is 0 Å². The van der Waals surface area contributed by atoms with Crippen molar-refractivity contribution in [1.82, 2.24) is 0 Å². The van der Waals surface area contributed by atoms with Crippen LogP contribution in [0.3, 0.4) is 0 Å². The van der Waals surface area contributed by atoms with Crippen molar-refractivity contribution in [1.29, 1.82) is 0 Å². The molecule has 0 saturated heterocycles. The molecular weight excluding hydrogens is 204 g/mol. The number of hydrogen-bond donors (Lipinski definition) is 2. The van der Waals surface area contributed by atoms with Crippen LogP contribution in [0, 0.1) is 11.6 Å². The van der Waals surface area contributed by atoms with Crippen LogP contribution in [0.1, 0.15) is 18.4 Å². The molecule has 5 heteroatoms. The van der Waals surface area contributed by atoms with E-state index in [4.69, 9.17) is 10.5 Å². The standard InChI is InChI=1S/C10H11F2NO2/c1-15-9-6(12)4-5(11)8(14)7(9)10(13)2-3-10/h4,14H,2-3,13H2,1H3. The molecule has 1 aliphatic rings. The van der Waals surface area contributed by atoms with Crippen molar-refractivity contribution in [3.63, 3.8) is 0 Å². The molecule has 0 radical (unpaired) electrons. The number of halogens is 2. The van der Waals surface area contributed by atoms with Crippen molar-refractivity contribution < 1.29 is 18.6 Å². The van der Waals surface area contributed by atoms with Crippen LogP contribution in [0.2, 0.25) is 0 Å². The Hall–Kier alpha value is -1.36. The summed E-state index contributed by atoms with van der Waals surface area (Å²) >= 11 is 0. The monoisotopic (exact) mass is 215 g/mol. The van der Waals surface area contributed by atoms with Crippen molar-refractivity contribution in [3.05, 3.63) is 23.3 Å². The summed E-state index contributed by atoms with van der Waals surface area (Å²) in [7, 11) is 1.25. The number of hydrogen-bond acceptors (Lipinski definition) is 3. The topological polar surface area (TPSA) is 55.5 Å². The average molecular weight is 215 g/mol. The van der Waals surface area contributed by atoms with Gasteiger partial charge in [-0.25, -0.2) is 8.78 Å². The second kappa shape index (κ2) is 3.06. The molecule has 3 nitrogen and oxygen atoms in total. The highest BCUT2D eigenvalue weighted by molar-refractivity contribution is 5.52. The van der Waals surface area contributed by atoms with Crippen molar-refractivity contribution in [2.24, 2.45) is 5.73 Å². The van der Waals surface area contributed by atoms with E-state index in [1.165, 1.54) is 7.11 Å². The van der Waals surface area contributed by atoms with Crippen molar-refractivity contribution in [3.8, 4) is 11.5 Å². The maximum Gasteiger partial charge on any atom is 0.168 e. The van der Waals surface area contributed by atoms with Gasteiger partial charge in [0.25, 0.3) is 0 Å². The molecule has 1 aromatic carbocycles. The minimum Gasteiger partial charge on any atom is -0.504 e. The molecule has 0 atom stereocenters. The summed E-state index contributed by atoms with van der Waals surface area (Å²) < 4.78 is 31.2. The predicted molar refractivity (Wildman–Crippen MR) is 49.7 cm³/mol. The van der Waals surface area contributed by atoms with E-state index in [9.17, 15) is 13.9 Å². The zero-order valence-corrected chi connectivity index (χ0v) is 8.18. The Morgan fingerprint density at radius 1 is 1.40 bits per heavy atom. The van der Waals surface area contributed by atoms with Gasteiger partial charge in [-0.05, 0) is 12.8 Å². The van der Waals surface area contributed by atoms with Crippen molar-refractivity contribution >= 4 is 0 Å². The summed E-state index contributed by atoms with van der Waals surface area (Å²) in [5.41, 5.74) is 4.99. The van der Waals surface area contributed by atoms with Gasteiger partial charge in [0, 0.05) is 11.6 Å². The Morgan fingerprint density at radius 3 is 2.47 bits per heavy atom. The fourth-order valence-electron chi connectivity index (χ4n) is 1.64. The molecule has 1 saturated carbocycles. The molecule has 2 rings (SSSR count). The molecular formula is C10H11F2NO2.